The molecule has 0 amide bonds. The van der Waals surface area contributed by atoms with E-state index in [2.05, 4.69) is 42.0 Å². The standard InChI is InChI=1S/C31H25ClF2N10/c1-17(2)44-16-26(41-42-44)28(18-5-4-6-19(9-18)31-36-7-8-43(31)3)39-21-10-23-27(40-22-12-25(33)30(34)38-15-22)20(13-35)14-37-29(23)24(32)11-21/h4-12,14-17,28,39H,1-3H3,(H,37,40). The van der Waals surface area contributed by atoms with Crippen molar-refractivity contribution in [3.63, 3.8) is 0 Å². The van der Waals surface area contributed by atoms with E-state index in [-0.39, 0.29) is 17.3 Å². The number of rotatable bonds is 8. The second-order valence-electron chi connectivity index (χ2n) is 10.4. The lowest BCUT2D eigenvalue weighted by Gasteiger charge is -2.20. The molecule has 0 fully saturated rings. The summed E-state index contributed by atoms with van der Waals surface area (Å²) in [5, 5.41) is 26.0. The van der Waals surface area contributed by atoms with Gasteiger partial charge in [0.1, 0.15) is 17.6 Å². The highest BCUT2D eigenvalue weighted by molar-refractivity contribution is 6.36. The Morgan fingerprint density at radius 1 is 1.02 bits per heavy atom. The molecule has 0 saturated heterocycles. The molecule has 6 aromatic rings. The topological polar surface area (TPSA) is 122 Å². The number of nitrogens with one attached hydrogen (secondary N) is 2. The zero-order chi connectivity index (χ0) is 31.0. The van der Waals surface area contributed by atoms with Crippen LogP contribution in [0.1, 0.15) is 42.8 Å². The Kier molecular flexibility index (Phi) is 7.63. The molecular weight excluding hydrogens is 586 g/mol. The molecule has 1 unspecified atom stereocenters. The van der Waals surface area contributed by atoms with Crippen LogP contribution < -0.4 is 10.6 Å². The van der Waals surface area contributed by atoms with E-state index in [0.29, 0.717) is 33.0 Å². The first kappa shape index (κ1) is 28.7. The Balaban J connectivity index is 1.46. The molecule has 13 heteroatoms. The van der Waals surface area contributed by atoms with Crippen molar-refractivity contribution in [1.29, 1.82) is 5.26 Å². The number of fused-ring (bicyclic) bond motifs is 1. The molecule has 0 aliphatic heterocycles. The maximum absolute atomic E-state index is 14.0. The number of hydrogen-bond donors (Lipinski definition) is 2. The van der Waals surface area contributed by atoms with Crippen LogP contribution in [0.15, 0.2) is 73.4 Å². The summed E-state index contributed by atoms with van der Waals surface area (Å²) in [6.45, 7) is 4.03. The van der Waals surface area contributed by atoms with Crippen molar-refractivity contribution < 1.29 is 8.78 Å². The number of aromatic nitrogens is 7. The van der Waals surface area contributed by atoms with Crippen LogP contribution in [0.5, 0.6) is 0 Å². The van der Waals surface area contributed by atoms with Crippen LogP contribution in [-0.2, 0) is 7.05 Å². The molecule has 4 aromatic heterocycles. The summed E-state index contributed by atoms with van der Waals surface area (Å²) >= 11 is 6.73. The highest BCUT2D eigenvalue weighted by atomic mass is 35.5. The Hall–Kier alpha value is -5.41. The Bertz CT molecular complexity index is 2050. The molecule has 0 spiro atoms. The molecule has 2 N–H and O–H groups in total. The maximum atomic E-state index is 14.0. The normalized spacial score (nSPS) is 12.0. The van der Waals surface area contributed by atoms with Crippen LogP contribution in [0, 0.1) is 23.1 Å². The summed E-state index contributed by atoms with van der Waals surface area (Å²) in [7, 11) is 1.93. The molecule has 0 saturated carbocycles. The van der Waals surface area contributed by atoms with Gasteiger partial charge in [0.05, 0.1) is 45.9 Å². The van der Waals surface area contributed by atoms with Gasteiger partial charge in [-0.3, -0.25) is 4.98 Å². The fourth-order valence-corrected chi connectivity index (χ4v) is 5.14. The average Bonchev–Trinajstić information content (AvgIpc) is 3.68. The number of anilines is 3. The molecule has 0 bridgehead atoms. The van der Waals surface area contributed by atoms with Gasteiger partial charge in [0.25, 0.3) is 0 Å². The highest BCUT2D eigenvalue weighted by Crippen LogP contribution is 2.37. The Labute approximate surface area is 256 Å². The molecule has 4 heterocycles. The van der Waals surface area contributed by atoms with Crippen molar-refractivity contribution in [2.75, 3.05) is 10.6 Å². The smallest absolute Gasteiger partial charge is 0.249 e. The molecule has 0 aliphatic carbocycles. The molecule has 10 nitrogen and oxygen atoms in total. The van der Waals surface area contributed by atoms with Gasteiger partial charge in [-0.25, -0.2) is 19.0 Å². The van der Waals surface area contributed by atoms with Crippen molar-refractivity contribution in [1.82, 2.24) is 34.5 Å². The van der Waals surface area contributed by atoms with Gasteiger partial charge < -0.3 is 15.2 Å². The number of hydrogen-bond acceptors (Lipinski definition) is 8. The number of nitriles is 1. The zero-order valence-corrected chi connectivity index (χ0v) is 24.6. The second-order valence-corrected chi connectivity index (χ2v) is 10.8. The van der Waals surface area contributed by atoms with Crippen molar-refractivity contribution in [3.8, 4) is 17.5 Å². The largest absolute Gasteiger partial charge is 0.373 e. The molecule has 220 valence electrons. The van der Waals surface area contributed by atoms with Gasteiger partial charge in [-0.15, -0.1) is 5.10 Å². The summed E-state index contributed by atoms with van der Waals surface area (Å²) in [5.41, 5.74) is 4.13. The van der Waals surface area contributed by atoms with E-state index in [4.69, 9.17) is 11.6 Å². The average molecular weight is 611 g/mol. The maximum Gasteiger partial charge on any atom is 0.249 e. The van der Waals surface area contributed by atoms with Gasteiger partial charge in [0, 0.05) is 54.4 Å². The highest BCUT2D eigenvalue weighted by Gasteiger charge is 2.22. The van der Waals surface area contributed by atoms with Crippen LogP contribution in [0.25, 0.3) is 22.3 Å². The van der Waals surface area contributed by atoms with Crippen molar-refractivity contribution in [2.45, 2.75) is 25.9 Å². The van der Waals surface area contributed by atoms with Crippen LogP contribution in [0.3, 0.4) is 0 Å². The first-order chi connectivity index (χ1) is 21.2. The summed E-state index contributed by atoms with van der Waals surface area (Å²) in [4.78, 5) is 12.3. The van der Waals surface area contributed by atoms with Crippen molar-refractivity contribution in [2.24, 2.45) is 7.05 Å². The molecule has 44 heavy (non-hydrogen) atoms. The first-order valence-corrected chi connectivity index (χ1v) is 14.0. The van der Waals surface area contributed by atoms with Gasteiger partial charge in [0.2, 0.25) is 5.95 Å². The fourth-order valence-electron chi connectivity index (χ4n) is 4.87. The van der Waals surface area contributed by atoms with E-state index >= 15 is 0 Å². The third-order valence-corrected chi connectivity index (χ3v) is 7.36. The van der Waals surface area contributed by atoms with Crippen LogP contribution in [0.2, 0.25) is 5.02 Å². The lowest BCUT2D eigenvalue weighted by molar-refractivity contribution is 0.480. The number of nitrogens with zero attached hydrogens (tertiary/aromatic N) is 8. The van der Waals surface area contributed by atoms with E-state index in [9.17, 15) is 14.0 Å². The molecule has 0 aliphatic rings. The third-order valence-electron chi connectivity index (χ3n) is 7.07. The van der Waals surface area contributed by atoms with Gasteiger partial charge >= 0.3 is 0 Å². The number of pyridine rings is 2. The number of halogens is 3. The third kappa shape index (κ3) is 5.52. The van der Waals surface area contributed by atoms with Crippen molar-refractivity contribution in [3.05, 3.63) is 107 Å². The van der Waals surface area contributed by atoms with E-state index in [1.165, 1.54) is 6.20 Å². The van der Waals surface area contributed by atoms with Crippen LogP contribution in [-0.4, -0.2) is 34.5 Å². The van der Waals surface area contributed by atoms with Gasteiger partial charge in [0.15, 0.2) is 5.82 Å². The molecule has 2 aromatic carbocycles. The van der Waals surface area contributed by atoms with Gasteiger partial charge in [-0.1, -0.05) is 35.0 Å². The minimum absolute atomic E-state index is 0.0980. The van der Waals surface area contributed by atoms with E-state index in [1.807, 2.05) is 62.1 Å². The van der Waals surface area contributed by atoms with E-state index in [1.54, 1.807) is 23.0 Å². The Morgan fingerprint density at radius 2 is 1.86 bits per heavy atom. The number of imidazole rings is 1. The number of benzene rings is 2. The number of aryl methyl sites for hydroxylation is 1. The lowest BCUT2D eigenvalue weighted by atomic mass is 10.0. The summed E-state index contributed by atoms with van der Waals surface area (Å²) < 4.78 is 31.2. The lowest BCUT2D eigenvalue weighted by Crippen LogP contribution is -2.13. The Morgan fingerprint density at radius 3 is 2.57 bits per heavy atom. The molecule has 1 atom stereocenters. The molecule has 0 radical (unpaired) electrons. The van der Waals surface area contributed by atoms with Gasteiger partial charge in [-0.05, 0) is 37.6 Å². The van der Waals surface area contributed by atoms with Crippen LogP contribution >= 0.6 is 11.6 Å². The minimum Gasteiger partial charge on any atom is -0.373 e. The summed E-state index contributed by atoms with van der Waals surface area (Å²) in [5.74, 6) is -1.54. The van der Waals surface area contributed by atoms with Gasteiger partial charge in [-0.2, -0.15) is 9.65 Å². The predicted octanol–water partition coefficient (Wildman–Crippen LogP) is 6.95. The second kappa shape index (κ2) is 11.7. The first-order valence-electron chi connectivity index (χ1n) is 13.6. The molecular formula is C31H25ClF2N10. The monoisotopic (exact) mass is 610 g/mol. The minimum atomic E-state index is -1.22. The quantitative estimate of drug-likeness (QED) is 0.178. The zero-order valence-electron chi connectivity index (χ0n) is 23.8. The predicted molar refractivity (Wildman–Crippen MR) is 163 cm³/mol. The van der Waals surface area contributed by atoms with E-state index < -0.39 is 17.8 Å². The van der Waals surface area contributed by atoms with Crippen molar-refractivity contribution >= 4 is 39.6 Å². The van der Waals surface area contributed by atoms with Crippen LogP contribution in [0.4, 0.5) is 25.8 Å². The summed E-state index contributed by atoms with van der Waals surface area (Å²) in [6, 6.07) is 14.2. The fraction of sp³-hybridized carbons (Fsp3) is 0.161. The summed E-state index contributed by atoms with van der Waals surface area (Å²) in [6.07, 6.45) is 8.02. The van der Waals surface area contributed by atoms with E-state index in [0.717, 1.165) is 29.2 Å². The molecule has 6 rings (SSSR count). The SMILES string of the molecule is CC(C)n1cc(C(Nc2cc(Cl)c3ncc(C#N)c(Nc4cnc(F)c(F)c4)c3c2)c2cccc(-c3nccn3C)c2)nn1.